The Labute approximate surface area is 87.2 Å². The van der Waals surface area contributed by atoms with Gasteiger partial charge in [0, 0.05) is 18.6 Å². The van der Waals surface area contributed by atoms with Gasteiger partial charge in [0.2, 0.25) is 0 Å². The normalized spacial score (nSPS) is 44.1. The Kier molecular flexibility index (Phi) is 3.13. The summed E-state index contributed by atoms with van der Waals surface area (Å²) in [4.78, 5) is 0. The standard InChI is InChI=1S/C12H23NO/c1-10-3-2-4-11(7-10)12(8-13)5-6-14-9-12/h10-11H,2-9,13H2,1H3. The fourth-order valence-corrected chi connectivity index (χ4v) is 3.26. The lowest BCUT2D eigenvalue weighted by Crippen LogP contribution is -2.40. The van der Waals surface area contributed by atoms with E-state index in [4.69, 9.17) is 10.5 Å². The van der Waals surface area contributed by atoms with Gasteiger partial charge in [-0.25, -0.2) is 0 Å². The summed E-state index contributed by atoms with van der Waals surface area (Å²) in [5.74, 6) is 1.73. The average molecular weight is 197 g/mol. The Morgan fingerprint density at radius 3 is 2.86 bits per heavy atom. The summed E-state index contributed by atoms with van der Waals surface area (Å²) in [5, 5.41) is 0. The molecule has 2 heteroatoms. The molecule has 2 rings (SSSR count). The molecular weight excluding hydrogens is 174 g/mol. The Morgan fingerprint density at radius 2 is 2.29 bits per heavy atom. The first kappa shape index (κ1) is 10.4. The van der Waals surface area contributed by atoms with Gasteiger partial charge in [0.1, 0.15) is 0 Å². The molecule has 0 amide bonds. The first-order valence-corrected chi connectivity index (χ1v) is 6.05. The second-order valence-corrected chi connectivity index (χ2v) is 5.34. The molecular formula is C12H23NO. The van der Waals surface area contributed by atoms with Crippen LogP contribution < -0.4 is 5.73 Å². The molecule has 0 aromatic carbocycles. The van der Waals surface area contributed by atoms with Gasteiger partial charge in [-0.2, -0.15) is 0 Å². The number of rotatable bonds is 2. The van der Waals surface area contributed by atoms with Crippen LogP contribution in [0.4, 0.5) is 0 Å². The largest absolute Gasteiger partial charge is 0.381 e. The lowest BCUT2D eigenvalue weighted by Gasteiger charge is -2.39. The van der Waals surface area contributed by atoms with E-state index in [1.54, 1.807) is 0 Å². The molecule has 0 bridgehead atoms. The van der Waals surface area contributed by atoms with Crippen molar-refractivity contribution >= 4 is 0 Å². The predicted molar refractivity (Wildman–Crippen MR) is 58.0 cm³/mol. The third-order valence-electron chi connectivity index (χ3n) is 4.34. The van der Waals surface area contributed by atoms with E-state index in [-0.39, 0.29) is 0 Å². The van der Waals surface area contributed by atoms with Crippen LogP contribution in [0.5, 0.6) is 0 Å². The zero-order valence-electron chi connectivity index (χ0n) is 9.30. The highest BCUT2D eigenvalue weighted by Gasteiger charge is 2.42. The van der Waals surface area contributed by atoms with Gasteiger partial charge < -0.3 is 10.5 Å². The van der Waals surface area contributed by atoms with Gasteiger partial charge in [-0.3, -0.25) is 0 Å². The molecule has 2 nitrogen and oxygen atoms in total. The summed E-state index contributed by atoms with van der Waals surface area (Å²) >= 11 is 0. The average Bonchev–Trinajstić information content (AvgIpc) is 2.67. The Bertz CT molecular complexity index is 187. The molecule has 1 aliphatic heterocycles. The predicted octanol–water partition coefficient (Wildman–Crippen LogP) is 2.18. The maximum Gasteiger partial charge on any atom is 0.0538 e. The van der Waals surface area contributed by atoms with E-state index in [0.29, 0.717) is 5.41 Å². The molecule has 0 aromatic rings. The zero-order valence-corrected chi connectivity index (χ0v) is 9.30. The van der Waals surface area contributed by atoms with Crippen LogP contribution in [0.25, 0.3) is 0 Å². The number of ether oxygens (including phenoxy) is 1. The maximum atomic E-state index is 5.97. The third-order valence-corrected chi connectivity index (χ3v) is 4.34. The van der Waals surface area contributed by atoms with Crippen LogP contribution in [0.2, 0.25) is 0 Å². The van der Waals surface area contributed by atoms with Crippen molar-refractivity contribution in [3.63, 3.8) is 0 Å². The van der Waals surface area contributed by atoms with Crippen LogP contribution in [0.1, 0.15) is 39.0 Å². The Balaban J connectivity index is 2.03. The van der Waals surface area contributed by atoms with E-state index in [1.807, 2.05) is 0 Å². The summed E-state index contributed by atoms with van der Waals surface area (Å²) in [6, 6.07) is 0. The van der Waals surface area contributed by atoms with E-state index >= 15 is 0 Å². The molecule has 1 saturated carbocycles. The van der Waals surface area contributed by atoms with Crippen molar-refractivity contribution < 1.29 is 4.74 Å². The second kappa shape index (κ2) is 4.19. The van der Waals surface area contributed by atoms with Gasteiger partial charge in [0.25, 0.3) is 0 Å². The van der Waals surface area contributed by atoms with Crippen LogP contribution in [0, 0.1) is 17.3 Å². The maximum absolute atomic E-state index is 5.97. The second-order valence-electron chi connectivity index (χ2n) is 5.34. The summed E-state index contributed by atoms with van der Waals surface area (Å²) in [6.45, 7) is 5.06. The number of nitrogens with two attached hydrogens (primary N) is 1. The van der Waals surface area contributed by atoms with Gasteiger partial charge in [0.05, 0.1) is 6.61 Å². The first-order chi connectivity index (χ1) is 6.77. The molecule has 2 N–H and O–H groups in total. The van der Waals surface area contributed by atoms with Gasteiger partial charge in [-0.15, -0.1) is 0 Å². The van der Waals surface area contributed by atoms with Crippen molar-refractivity contribution in [1.82, 2.24) is 0 Å². The fraction of sp³-hybridized carbons (Fsp3) is 1.00. The van der Waals surface area contributed by atoms with Crippen molar-refractivity contribution in [2.75, 3.05) is 19.8 Å². The van der Waals surface area contributed by atoms with Crippen molar-refractivity contribution in [3.05, 3.63) is 0 Å². The summed E-state index contributed by atoms with van der Waals surface area (Å²) in [7, 11) is 0. The van der Waals surface area contributed by atoms with Crippen LogP contribution in [0.15, 0.2) is 0 Å². The highest BCUT2D eigenvalue weighted by atomic mass is 16.5. The molecule has 0 spiro atoms. The lowest BCUT2D eigenvalue weighted by molar-refractivity contribution is 0.0764. The molecule has 14 heavy (non-hydrogen) atoms. The molecule has 2 aliphatic rings. The van der Waals surface area contributed by atoms with E-state index in [0.717, 1.165) is 31.6 Å². The minimum Gasteiger partial charge on any atom is -0.381 e. The molecule has 3 unspecified atom stereocenters. The molecule has 0 aromatic heterocycles. The molecule has 1 aliphatic carbocycles. The van der Waals surface area contributed by atoms with Gasteiger partial charge in [0.15, 0.2) is 0 Å². The van der Waals surface area contributed by atoms with Crippen LogP contribution in [-0.4, -0.2) is 19.8 Å². The van der Waals surface area contributed by atoms with E-state index in [2.05, 4.69) is 6.92 Å². The fourth-order valence-electron chi connectivity index (χ4n) is 3.26. The van der Waals surface area contributed by atoms with Crippen LogP contribution >= 0.6 is 0 Å². The van der Waals surface area contributed by atoms with Gasteiger partial charge in [-0.05, 0) is 31.1 Å². The quantitative estimate of drug-likeness (QED) is 0.736. The van der Waals surface area contributed by atoms with E-state index in [1.165, 1.54) is 32.1 Å². The molecule has 3 atom stereocenters. The van der Waals surface area contributed by atoms with Gasteiger partial charge in [-0.1, -0.05) is 19.8 Å². The molecule has 0 radical (unpaired) electrons. The molecule has 2 fully saturated rings. The minimum absolute atomic E-state index is 0.342. The zero-order chi connectivity index (χ0) is 10.0. The number of hydrogen-bond donors (Lipinski definition) is 1. The van der Waals surface area contributed by atoms with E-state index in [9.17, 15) is 0 Å². The smallest absolute Gasteiger partial charge is 0.0538 e. The minimum atomic E-state index is 0.342. The summed E-state index contributed by atoms with van der Waals surface area (Å²) in [6.07, 6.45) is 6.76. The van der Waals surface area contributed by atoms with Crippen LogP contribution in [0.3, 0.4) is 0 Å². The topological polar surface area (TPSA) is 35.2 Å². The SMILES string of the molecule is CC1CCCC(C2(CN)CCOC2)C1. The summed E-state index contributed by atoms with van der Waals surface area (Å²) < 4.78 is 5.56. The molecule has 1 heterocycles. The van der Waals surface area contributed by atoms with Crippen molar-refractivity contribution in [1.29, 1.82) is 0 Å². The Hall–Kier alpha value is -0.0800. The highest BCUT2D eigenvalue weighted by molar-refractivity contribution is 4.92. The van der Waals surface area contributed by atoms with Crippen molar-refractivity contribution in [2.45, 2.75) is 39.0 Å². The number of hydrogen-bond acceptors (Lipinski definition) is 2. The highest BCUT2D eigenvalue weighted by Crippen LogP contribution is 2.44. The van der Waals surface area contributed by atoms with Crippen molar-refractivity contribution in [3.8, 4) is 0 Å². The molecule has 82 valence electrons. The lowest BCUT2D eigenvalue weighted by atomic mass is 9.66. The molecule has 1 saturated heterocycles. The summed E-state index contributed by atoms with van der Waals surface area (Å²) in [5.41, 5.74) is 6.31. The van der Waals surface area contributed by atoms with Crippen molar-refractivity contribution in [2.24, 2.45) is 23.0 Å². The van der Waals surface area contributed by atoms with Gasteiger partial charge >= 0.3 is 0 Å². The third kappa shape index (κ3) is 1.82. The van der Waals surface area contributed by atoms with E-state index < -0.39 is 0 Å². The monoisotopic (exact) mass is 197 g/mol. The Morgan fingerprint density at radius 1 is 1.43 bits per heavy atom. The van der Waals surface area contributed by atoms with Crippen LogP contribution in [-0.2, 0) is 4.74 Å². The first-order valence-electron chi connectivity index (χ1n) is 6.05.